The number of nitrogens with two attached hydrogens (primary N) is 1. The highest BCUT2D eigenvalue weighted by Gasteiger charge is 2.30. The van der Waals surface area contributed by atoms with E-state index in [9.17, 15) is 24.6 Å². The first-order valence-electron chi connectivity index (χ1n) is 6.24. The van der Waals surface area contributed by atoms with Crippen LogP contribution in [0.2, 0.25) is 10.0 Å². The highest BCUT2D eigenvalue weighted by atomic mass is 35.5. The number of nitrogens with one attached hydrogen (secondary N) is 1. The summed E-state index contributed by atoms with van der Waals surface area (Å²) in [6, 6.07) is 2.56. The molecular weight excluding hydrogens is 363 g/mol. The second-order valence-corrected chi connectivity index (χ2v) is 5.41. The molecule has 10 heteroatoms. The second-order valence-electron chi connectivity index (χ2n) is 4.57. The number of hydrogen-bond donors (Lipinski definition) is 4. The molecule has 0 radical (unpaired) electrons. The number of rotatable bonds is 4. The maximum Gasteiger partial charge on any atom is 0.342 e. The molecule has 0 amide bonds. The van der Waals surface area contributed by atoms with Crippen LogP contribution < -0.4 is 16.0 Å². The number of halogens is 2. The van der Waals surface area contributed by atoms with Gasteiger partial charge < -0.3 is 25.7 Å². The zero-order valence-corrected chi connectivity index (χ0v) is 13.5. The van der Waals surface area contributed by atoms with Crippen molar-refractivity contribution in [2.45, 2.75) is 0 Å². The number of benzene rings is 1. The van der Waals surface area contributed by atoms with Crippen LogP contribution in [0.3, 0.4) is 0 Å². The summed E-state index contributed by atoms with van der Waals surface area (Å²) < 4.78 is 5.10. The molecule has 0 aliphatic rings. The van der Waals surface area contributed by atoms with E-state index in [1.807, 2.05) is 4.98 Å². The van der Waals surface area contributed by atoms with Crippen molar-refractivity contribution in [3.05, 3.63) is 43.7 Å². The maximum atomic E-state index is 12.0. The SMILES string of the molecule is COc1cc(Cl)cc(Cl)c1-c1c(C(=O)O)c(N)[nH]c(=O)c1C(=O)O. The topological polar surface area (TPSA) is 143 Å². The summed E-state index contributed by atoms with van der Waals surface area (Å²) in [5.74, 6) is -3.72. The molecule has 0 aliphatic carbocycles. The summed E-state index contributed by atoms with van der Waals surface area (Å²) in [7, 11) is 1.25. The Morgan fingerprint density at radius 1 is 1.12 bits per heavy atom. The number of ether oxygens (including phenoxy) is 1. The largest absolute Gasteiger partial charge is 0.496 e. The molecule has 2 rings (SSSR count). The molecule has 0 atom stereocenters. The van der Waals surface area contributed by atoms with Crippen LogP contribution in [0.1, 0.15) is 20.7 Å². The van der Waals surface area contributed by atoms with Crippen molar-refractivity contribution in [2.24, 2.45) is 0 Å². The molecule has 126 valence electrons. The monoisotopic (exact) mass is 372 g/mol. The first kappa shape index (κ1) is 17.6. The third-order valence-corrected chi connectivity index (χ3v) is 3.68. The Labute approximate surface area is 144 Å². The molecule has 0 aliphatic heterocycles. The van der Waals surface area contributed by atoms with Crippen LogP contribution in [-0.2, 0) is 0 Å². The number of carboxylic acids is 2. The summed E-state index contributed by atoms with van der Waals surface area (Å²) in [6.07, 6.45) is 0. The van der Waals surface area contributed by atoms with Crippen LogP contribution in [0.4, 0.5) is 5.82 Å². The molecule has 1 heterocycles. The standard InChI is InChI=1S/C14H10Cl2N2O6/c1-24-6-3-4(15)2-5(16)7(6)8-9(13(20)21)11(17)18-12(19)10(8)14(22)23/h2-3H,1H3,(H,20,21)(H,22,23)(H3,17,18,19). The van der Waals surface area contributed by atoms with Crippen molar-refractivity contribution in [3.8, 4) is 16.9 Å². The number of aromatic carboxylic acids is 2. The summed E-state index contributed by atoms with van der Waals surface area (Å²) in [6.45, 7) is 0. The summed E-state index contributed by atoms with van der Waals surface area (Å²) >= 11 is 12.0. The number of anilines is 1. The van der Waals surface area contributed by atoms with Crippen molar-refractivity contribution in [2.75, 3.05) is 12.8 Å². The third kappa shape index (κ3) is 2.89. The molecule has 24 heavy (non-hydrogen) atoms. The Bertz CT molecular complexity index is 922. The molecule has 5 N–H and O–H groups in total. The molecule has 0 bridgehead atoms. The van der Waals surface area contributed by atoms with Gasteiger partial charge in [0.1, 0.15) is 22.7 Å². The summed E-state index contributed by atoms with van der Waals surface area (Å²) in [5, 5.41) is 18.8. The summed E-state index contributed by atoms with van der Waals surface area (Å²) in [4.78, 5) is 37.1. The summed E-state index contributed by atoms with van der Waals surface area (Å²) in [5.41, 5.74) is 2.46. The smallest absolute Gasteiger partial charge is 0.342 e. The minimum Gasteiger partial charge on any atom is -0.496 e. The quantitative estimate of drug-likeness (QED) is 0.644. The van der Waals surface area contributed by atoms with Gasteiger partial charge in [-0.05, 0) is 12.1 Å². The van der Waals surface area contributed by atoms with Crippen LogP contribution in [0.5, 0.6) is 5.75 Å². The van der Waals surface area contributed by atoms with Crippen LogP contribution in [0.25, 0.3) is 11.1 Å². The number of carbonyl (C=O) groups is 2. The number of aromatic nitrogens is 1. The van der Waals surface area contributed by atoms with Gasteiger partial charge in [0.25, 0.3) is 5.56 Å². The molecule has 1 aromatic carbocycles. The van der Waals surface area contributed by atoms with Gasteiger partial charge >= 0.3 is 11.9 Å². The number of pyridine rings is 1. The highest BCUT2D eigenvalue weighted by Crippen LogP contribution is 2.42. The van der Waals surface area contributed by atoms with Gasteiger partial charge in [0.15, 0.2) is 0 Å². The molecule has 1 aromatic heterocycles. The number of hydrogen-bond acceptors (Lipinski definition) is 5. The van der Waals surface area contributed by atoms with E-state index in [2.05, 4.69) is 0 Å². The number of H-pyrrole nitrogens is 1. The third-order valence-electron chi connectivity index (χ3n) is 3.16. The number of carboxylic acid groups (broad SMARTS) is 2. The van der Waals surface area contributed by atoms with Crippen molar-refractivity contribution >= 4 is 41.0 Å². The van der Waals surface area contributed by atoms with E-state index in [4.69, 9.17) is 33.7 Å². The lowest BCUT2D eigenvalue weighted by molar-refractivity contribution is 0.0695. The van der Waals surface area contributed by atoms with Gasteiger partial charge in [0.2, 0.25) is 0 Å². The predicted molar refractivity (Wildman–Crippen MR) is 87.4 cm³/mol. The van der Waals surface area contributed by atoms with E-state index in [1.54, 1.807) is 0 Å². The first-order chi connectivity index (χ1) is 11.2. The molecule has 0 unspecified atom stereocenters. The maximum absolute atomic E-state index is 12.0. The normalized spacial score (nSPS) is 10.5. The average Bonchev–Trinajstić information content (AvgIpc) is 2.44. The van der Waals surface area contributed by atoms with E-state index < -0.39 is 40.0 Å². The van der Waals surface area contributed by atoms with Crippen LogP contribution in [0.15, 0.2) is 16.9 Å². The zero-order chi connectivity index (χ0) is 18.2. The van der Waals surface area contributed by atoms with Gasteiger partial charge in [-0.1, -0.05) is 23.2 Å². The average molecular weight is 373 g/mol. The molecule has 2 aromatic rings. The van der Waals surface area contributed by atoms with Gasteiger partial charge in [0.05, 0.1) is 12.1 Å². The van der Waals surface area contributed by atoms with E-state index in [1.165, 1.54) is 19.2 Å². The van der Waals surface area contributed by atoms with E-state index in [0.717, 1.165) is 0 Å². The number of methoxy groups -OCH3 is 1. The minimum atomic E-state index is -1.65. The number of aromatic amines is 1. The van der Waals surface area contributed by atoms with Crippen molar-refractivity contribution in [1.29, 1.82) is 0 Å². The Hall–Kier alpha value is -2.71. The van der Waals surface area contributed by atoms with Crippen LogP contribution in [-0.4, -0.2) is 34.2 Å². The molecule has 0 spiro atoms. The molecule has 8 nitrogen and oxygen atoms in total. The van der Waals surface area contributed by atoms with E-state index >= 15 is 0 Å². The van der Waals surface area contributed by atoms with Crippen LogP contribution >= 0.6 is 23.2 Å². The van der Waals surface area contributed by atoms with Crippen molar-refractivity contribution in [3.63, 3.8) is 0 Å². The first-order valence-corrected chi connectivity index (χ1v) is 7.00. The van der Waals surface area contributed by atoms with Gasteiger partial charge in [-0.25, -0.2) is 9.59 Å². The fourth-order valence-electron chi connectivity index (χ4n) is 2.25. The van der Waals surface area contributed by atoms with E-state index in [0.29, 0.717) is 0 Å². The lowest BCUT2D eigenvalue weighted by Crippen LogP contribution is -2.24. The number of nitrogen functional groups attached to an aromatic ring is 1. The Kier molecular flexibility index (Phi) is 4.72. The molecular formula is C14H10Cl2N2O6. The van der Waals surface area contributed by atoms with Crippen molar-refractivity contribution in [1.82, 2.24) is 4.98 Å². The van der Waals surface area contributed by atoms with Gasteiger partial charge in [-0.3, -0.25) is 4.79 Å². The van der Waals surface area contributed by atoms with Crippen LogP contribution in [0, 0.1) is 0 Å². The lowest BCUT2D eigenvalue weighted by atomic mass is 9.94. The molecule has 0 fully saturated rings. The van der Waals surface area contributed by atoms with Gasteiger partial charge in [-0.15, -0.1) is 0 Å². The molecule has 0 saturated heterocycles. The Balaban J connectivity index is 3.12. The van der Waals surface area contributed by atoms with Gasteiger partial charge in [0, 0.05) is 16.1 Å². The van der Waals surface area contributed by atoms with Crippen molar-refractivity contribution < 1.29 is 24.5 Å². The second kappa shape index (κ2) is 6.42. The van der Waals surface area contributed by atoms with Gasteiger partial charge in [-0.2, -0.15) is 0 Å². The molecule has 0 saturated carbocycles. The highest BCUT2D eigenvalue weighted by molar-refractivity contribution is 6.37. The minimum absolute atomic E-state index is 0.0116. The van der Waals surface area contributed by atoms with E-state index in [-0.39, 0.29) is 21.4 Å². The Morgan fingerprint density at radius 3 is 2.21 bits per heavy atom. The fourth-order valence-corrected chi connectivity index (χ4v) is 2.82. The predicted octanol–water partition coefficient (Wildman–Crippen LogP) is 2.34. The Morgan fingerprint density at radius 2 is 1.71 bits per heavy atom. The zero-order valence-electron chi connectivity index (χ0n) is 12.0. The fraction of sp³-hybridized carbons (Fsp3) is 0.0714. The lowest BCUT2D eigenvalue weighted by Gasteiger charge is -2.16.